The minimum atomic E-state index is -0.617. The van der Waals surface area contributed by atoms with Gasteiger partial charge in [0, 0.05) is 30.0 Å². The van der Waals surface area contributed by atoms with E-state index in [0.717, 1.165) is 12.2 Å². The summed E-state index contributed by atoms with van der Waals surface area (Å²) in [7, 11) is 0. The van der Waals surface area contributed by atoms with Gasteiger partial charge in [-0.3, -0.25) is 4.79 Å². The Morgan fingerprint density at radius 2 is 1.94 bits per heavy atom. The molecule has 0 saturated carbocycles. The van der Waals surface area contributed by atoms with Gasteiger partial charge < -0.3 is 26.4 Å². The molecule has 1 aliphatic heterocycles. The van der Waals surface area contributed by atoms with Crippen LogP contribution >= 0.6 is 11.3 Å². The first-order chi connectivity index (χ1) is 17.5. The van der Waals surface area contributed by atoms with Gasteiger partial charge in [0.05, 0.1) is 22.7 Å². The summed E-state index contributed by atoms with van der Waals surface area (Å²) in [4.78, 5) is 35.3. The van der Waals surface area contributed by atoms with Crippen LogP contribution in [0.1, 0.15) is 21.8 Å². The number of hydrogen-bond acceptors (Lipinski definition) is 11. The Morgan fingerprint density at radius 1 is 1.11 bits per heavy atom. The number of anilines is 4. The number of carbonyl (C=O) groups is 1. The first kappa shape index (κ1) is 23.7. The van der Waals surface area contributed by atoms with E-state index in [4.69, 9.17) is 0 Å². The molecule has 5 rings (SSSR count). The van der Waals surface area contributed by atoms with E-state index in [1.807, 2.05) is 30.5 Å². The number of carbonyl (C=O) groups excluding carboxylic acids is 1. The molecule has 5 heterocycles. The molecule has 4 aromatic rings. The number of thiophene rings is 1. The van der Waals surface area contributed by atoms with Crippen LogP contribution in [0.3, 0.4) is 0 Å². The Labute approximate surface area is 211 Å². The highest BCUT2D eigenvalue weighted by Gasteiger charge is 2.35. The van der Waals surface area contributed by atoms with Crippen molar-refractivity contribution in [2.75, 3.05) is 30.3 Å². The summed E-state index contributed by atoms with van der Waals surface area (Å²) < 4.78 is 0. The van der Waals surface area contributed by atoms with Gasteiger partial charge in [-0.25, -0.2) is 19.9 Å². The minimum absolute atomic E-state index is 0.106. The molecule has 0 bridgehead atoms. The largest absolute Gasteiger partial charge is 0.394 e. The number of amides is 1. The molecule has 4 aromatic heterocycles. The number of aryl methyl sites for hydroxylation is 1. The van der Waals surface area contributed by atoms with Crippen molar-refractivity contribution in [2.45, 2.75) is 18.9 Å². The van der Waals surface area contributed by atoms with E-state index >= 15 is 0 Å². The molecular weight excluding hydrogens is 478 g/mol. The first-order valence-corrected chi connectivity index (χ1v) is 12.3. The second-order valence-corrected chi connectivity index (χ2v) is 9.38. The molecule has 1 amide bonds. The Morgan fingerprint density at radius 3 is 2.72 bits per heavy atom. The number of aliphatic hydroxyl groups is 1. The Kier molecular flexibility index (Phi) is 6.80. The zero-order chi connectivity index (χ0) is 25.0. The van der Waals surface area contributed by atoms with E-state index in [-0.39, 0.29) is 12.5 Å². The van der Waals surface area contributed by atoms with Gasteiger partial charge in [0.25, 0.3) is 5.91 Å². The Balaban J connectivity index is 1.25. The van der Waals surface area contributed by atoms with E-state index < -0.39 is 5.54 Å². The third-order valence-corrected chi connectivity index (χ3v) is 6.62. The monoisotopic (exact) mass is 503 g/mol. The van der Waals surface area contributed by atoms with Crippen molar-refractivity contribution in [3.8, 4) is 11.5 Å². The summed E-state index contributed by atoms with van der Waals surface area (Å²) in [6.07, 6.45) is 3.98. The number of aromatic nitrogens is 5. The van der Waals surface area contributed by atoms with Crippen LogP contribution < -0.4 is 21.3 Å². The summed E-state index contributed by atoms with van der Waals surface area (Å²) >= 11 is 1.31. The van der Waals surface area contributed by atoms with E-state index in [0.29, 0.717) is 52.6 Å². The van der Waals surface area contributed by atoms with Crippen molar-refractivity contribution >= 4 is 40.5 Å². The fourth-order valence-electron chi connectivity index (χ4n) is 3.82. The number of aliphatic hydroxyl groups excluding tert-OH is 1. The summed E-state index contributed by atoms with van der Waals surface area (Å²) in [5.41, 5.74) is 1.65. The van der Waals surface area contributed by atoms with Crippen LogP contribution in [0.4, 0.5) is 23.3 Å². The maximum atomic E-state index is 12.7. The second kappa shape index (κ2) is 10.3. The fourth-order valence-corrected chi connectivity index (χ4v) is 4.55. The van der Waals surface area contributed by atoms with Crippen molar-refractivity contribution in [3.05, 3.63) is 64.7 Å². The molecule has 184 valence electrons. The summed E-state index contributed by atoms with van der Waals surface area (Å²) in [5, 5.41) is 24.0. The minimum Gasteiger partial charge on any atom is -0.394 e. The summed E-state index contributed by atoms with van der Waals surface area (Å²) in [6.45, 7) is 3.13. The van der Waals surface area contributed by atoms with Gasteiger partial charge >= 0.3 is 0 Å². The fraction of sp³-hybridized carbons (Fsp3) is 0.250. The molecule has 1 fully saturated rings. The van der Waals surface area contributed by atoms with E-state index in [1.54, 1.807) is 30.6 Å². The lowest BCUT2D eigenvalue weighted by atomic mass is 10.00. The standard InChI is InChI=1S/C24H25N9O2S/c1-15-3-2-4-17(28-15)21-26-8-5-19(31-21)30-20-6-9-27-23(32-20)29-16-11-18(36-12-16)22(35)33-24(14-34)7-10-25-13-24/h2-6,8-9,11-12,25,34H,7,10,13-14H2,1H3,(H,33,35)(H2,26,27,29,30,31,32). The molecule has 0 aliphatic carbocycles. The molecular formula is C24H25N9O2S. The highest BCUT2D eigenvalue weighted by molar-refractivity contribution is 7.12. The Hall–Kier alpha value is -4.00. The molecule has 36 heavy (non-hydrogen) atoms. The average molecular weight is 504 g/mol. The topological polar surface area (TPSA) is 150 Å². The molecule has 11 nitrogen and oxygen atoms in total. The van der Waals surface area contributed by atoms with E-state index in [2.05, 4.69) is 46.2 Å². The maximum absolute atomic E-state index is 12.7. The van der Waals surface area contributed by atoms with E-state index in [1.165, 1.54) is 11.3 Å². The lowest BCUT2D eigenvalue weighted by Crippen LogP contribution is -2.52. The zero-order valence-electron chi connectivity index (χ0n) is 19.5. The molecule has 0 spiro atoms. The average Bonchev–Trinajstić information content (AvgIpc) is 3.55. The number of hydrogen-bond donors (Lipinski definition) is 5. The predicted octanol–water partition coefficient (Wildman–Crippen LogP) is 2.64. The molecule has 1 atom stereocenters. The predicted molar refractivity (Wildman–Crippen MR) is 138 cm³/mol. The van der Waals surface area contributed by atoms with E-state index in [9.17, 15) is 9.90 Å². The van der Waals surface area contributed by atoms with Gasteiger partial charge in [0.15, 0.2) is 5.82 Å². The van der Waals surface area contributed by atoms with Crippen LogP contribution in [-0.2, 0) is 0 Å². The van der Waals surface area contributed by atoms with Gasteiger partial charge in [-0.2, -0.15) is 4.98 Å². The molecule has 1 aliphatic rings. The van der Waals surface area contributed by atoms with Crippen LogP contribution in [0.5, 0.6) is 0 Å². The van der Waals surface area contributed by atoms with Gasteiger partial charge in [0.2, 0.25) is 5.95 Å². The first-order valence-electron chi connectivity index (χ1n) is 11.4. The summed E-state index contributed by atoms with van der Waals surface area (Å²) in [5.74, 6) is 1.77. The Bertz CT molecular complexity index is 1370. The van der Waals surface area contributed by atoms with Gasteiger partial charge in [-0.1, -0.05) is 6.07 Å². The van der Waals surface area contributed by atoms with Crippen molar-refractivity contribution in [1.82, 2.24) is 35.6 Å². The van der Waals surface area contributed by atoms with Crippen LogP contribution in [0.25, 0.3) is 11.5 Å². The van der Waals surface area contributed by atoms with Crippen molar-refractivity contribution in [1.29, 1.82) is 0 Å². The van der Waals surface area contributed by atoms with Crippen molar-refractivity contribution < 1.29 is 9.90 Å². The number of pyridine rings is 1. The molecule has 1 saturated heterocycles. The molecule has 5 N–H and O–H groups in total. The number of nitrogens with one attached hydrogen (secondary N) is 4. The van der Waals surface area contributed by atoms with Gasteiger partial charge in [0.1, 0.15) is 17.3 Å². The lowest BCUT2D eigenvalue weighted by molar-refractivity contribution is 0.0857. The number of rotatable bonds is 8. The summed E-state index contributed by atoms with van der Waals surface area (Å²) in [6, 6.07) is 10.9. The molecule has 12 heteroatoms. The highest BCUT2D eigenvalue weighted by atomic mass is 32.1. The van der Waals surface area contributed by atoms with Crippen molar-refractivity contribution in [3.63, 3.8) is 0 Å². The van der Waals surface area contributed by atoms with Crippen LogP contribution in [-0.4, -0.2) is 61.2 Å². The van der Waals surface area contributed by atoms with Gasteiger partial charge in [-0.15, -0.1) is 11.3 Å². The maximum Gasteiger partial charge on any atom is 0.261 e. The molecule has 0 radical (unpaired) electrons. The van der Waals surface area contributed by atoms with Crippen LogP contribution in [0, 0.1) is 6.92 Å². The third kappa shape index (κ3) is 5.46. The van der Waals surface area contributed by atoms with Crippen molar-refractivity contribution in [2.24, 2.45) is 0 Å². The van der Waals surface area contributed by atoms with Gasteiger partial charge in [-0.05, 0) is 50.2 Å². The quantitative estimate of drug-likeness (QED) is 0.243. The smallest absolute Gasteiger partial charge is 0.261 e. The molecule has 1 unspecified atom stereocenters. The lowest BCUT2D eigenvalue weighted by Gasteiger charge is -2.26. The zero-order valence-corrected chi connectivity index (χ0v) is 20.3. The second-order valence-electron chi connectivity index (χ2n) is 8.46. The molecule has 0 aromatic carbocycles. The SMILES string of the molecule is Cc1cccc(-c2nccc(Nc3ccnc(Nc4csc(C(=O)NC5(CO)CCNC5)c4)n3)n2)n1. The van der Waals surface area contributed by atoms with Crippen LogP contribution in [0.15, 0.2) is 54.2 Å². The van der Waals surface area contributed by atoms with Crippen LogP contribution in [0.2, 0.25) is 0 Å². The highest BCUT2D eigenvalue weighted by Crippen LogP contribution is 2.24. The number of nitrogens with zero attached hydrogens (tertiary/aromatic N) is 5. The third-order valence-electron chi connectivity index (χ3n) is 5.69. The normalized spacial score (nSPS) is 17.1.